The van der Waals surface area contributed by atoms with Crippen molar-refractivity contribution in [3.8, 4) is 5.69 Å². The highest BCUT2D eigenvalue weighted by molar-refractivity contribution is 5.55. The Bertz CT molecular complexity index is 575. The molecule has 0 bridgehead atoms. The third kappa shape index (κ3) is 3.42. The summed E-state index contributed by atoms with van der Waals surface area (Å²) in [5, 5.41) is 4.25. The molecule has 110 valence electrons. The van der Waals surface area contributed by atoms with Gasteiger partial charge in [-0.15, -0.1) is 0 Å². The fraction of sp³-hybridized carbons (Fsp3) is 0.389. The van der Waals surface area contributed by atoms with Gasteiger partial charge in [-0.25, -0.2) is 4.68 Å². The average molecular weight is 281 g/mol. The molecule has 3 nitrogen and oxygen atoms in total. The van der Waals surface area contributed by atoms with Crippen LogP contribution in [0.15, 0.2) is 48.3 Å². The first-order valence-electron chi connectivity index (χ1n) is 7.87. The maximum Gasteiger partial charge on any atom is 0.0645 e. The highest BCUT2D eigenvalue weighted by Crippen LogP contribution is 2.30. The molecule has 0 radical (unpaired) electrons. The third-order valence-corrected chi connectivity index (χ3v) is 4.38. The summed E-state index contributed by atoms with van der Waals surface area (Å²) < 4.78 is 1.87. The Hall–Kier alpha value is -1.87. The molecule has 1 aliphatic rings. The summed E-state index contributed by atoms with van der Waals surface area (Å²) in [7, 11) is 0. The van der Waals surface area contributed by atoms with Crippen LogP contribution < -0.4 is 5.73 Å². The summed E-state index contributed by atoms with van der Waals surface area (Å²) in [5.41, 5.74) is 9.70. The van der Waals surface area contributed by atoms with Crippen LogP contribution in [-0.4, -0.2) is 16.3 Å². The Balaban J connectivity index is 1.77. The highest BCUT2D eigenvalue weighted by Gasteiger charge is 2.16. The smallest absolute Gasteiger partial charge is 0.0645 e. The van der Waals surface area contributed by atoms with Crippen LogP contribution >= 0.6 is 0 Å². The first-order chi connectivity index (χ1) is 10.4. The van der Waals surface area contributed by atoms with E-state index >= 15 is 0 Å². The fourth-order valence-electron chi connectivity index (χ4n) is 3.18. The van der Waals surface area contributed by atoms with E-state index in [9.17, 15) is 0 Å². The SMILES string of the molecule is NC/C(=C/c1ccc(-n2cccn2)cc1)C1CCCCC1. The van der Waals surface area contributed by atoms with Gasteiger partial charge in [0.25, 0.3) is 0 Å². The average Bonchev–Trinajstić information content (AvgIpc) is 3.08. The zero-order valence-corrected chi connectivity index (χ0v) is 12.4. The number of hydrogen-bond donors (Lipinski definition) is 1. The molecule has 1 aromatic carbocycles. The first kappa shape index (κ1) is 14.1. The van der Waals surface area contributed by atoms with Gasteiger partial charge in [0.1, 0.15) is 0 Å². The second-order valence-electron chi connectivity index (χ2n) is 5.80. The van der Waals surface area contributed by atoms with Gasteiger partial charge in [-0.05, 0) is 42.5 Å². The van der Waals surface area contributed by atoms with Crippen LogP contribution in [0.1, 0.15) is 37.7 Å². The largest absolute Gasteiger partial charge is 0.327 e. The summed E-state index contributed by atoms with van der Waals surface area (Å²) in [4.78, 5) is 0. The molecule has 0 aliphatic heterocycles. The molecule has 2 aromatic rings. The molecular weight excluding hydrogens is 258 g/mol. The first-order valence-corrected chi connectivity index (χ1v) is 7.87. The van der Waals surface area contributed by atoms with Gasteiger partial charge in [0.05, 0.1) is 5.69 Å². The molecule has 3 rings (SSSR count). The summed E-state index contributed by atoms with van der Waals surface area (Å²) in [6, 6.07) is 10.4. The van der Waals surface area contributed by atoms with Crippen molar-refractivity contribution >= 4 is 6.08 Å². The van der Waals surface area contributed by atoms with Crippen LogP contribution in [-0.2, 0) is 0 Å². The van der Waals surface area contributed by atoms with E-state index in [1.54, 1.807) is 6.20 Å². The zero-order chi connectivity index (χ0) is 14.5. The lowest BCUT2D eigenvalue weighted by atomic mass is 9.83. The lowest BCUT2D eigenvalue weighted by Gasteiger charge is -2.24. The van der Waals surface area contributed by atoms with Crippen LogP contribution in [0, 0.1) is 5.92 Å². The van der Waals surface area contributed by atoms with Gasteiger partial charge in [-0.1, -0.05) is 43.0 Å². The molecule has 0 saturated heterocycles. The molecule has 3 heteroatoms. The Labute approximate surface area is 126 Å². The number of nitrogens with zero attached hydrogens (tertiary/aromatic N) is 2. The highest BCUT2D eigenvalue weighted by atomic mass is 15.3. The molecule has 21 heavy (non-hydrogen) atoms. The molecule has 1 aliphatic carbocycles. The van der Waals surface area contributed by atoms with Crippen molar-refractivity contribution in [3.05, 3.63) is 53.9 Å². The van der Waals surface area contributed by atoms with E-state index in [0.29, 0.717) is 12.5 Å². The molecule has 1 saturated carbocycles. The minimum atomic E-state index is 0.672. The Morgan fingerprint density at radius 3 is 2.57 bits per heavy atom. The third-order valence-electron chi connectivity index (χ3n) is 4.38. The minimum absolute atomic E-state index is 0.672. The van der Waals surface area contributed by atoms with Crippen LogP contribution in [0.25, 0.3) is 11.8 Å². The molecule has 1 aromatic heterocycles. The Morgan fingerprint density at radius 1 is 1.19 bits per heavy atom. The maximum absolute atomic E-state index is 5.98. The lowest BCUT2D eigenvalue weighted by Crippen LogP contribution is -2.16. The topological polar surface area (TPSA) is 43.8 Å². The molecule has 0 unspecified atom stereocenters. The minimum Gasteiger partial charge on any atom is -0.327 e. The molecule has 1 heterocycles. The molecule has 0 atom stereocenters. The molecule has 2 N–H and O–H groups in total. The van der Waals surface area contributed by atoms with Gasteiger partial charge in [0.15, 0.2) is 0 Å². The van der Waals surface area contributed by atoms with E-state index in [1.807, 2.05) is 16.9 Å². The number of aromatic nitrogens is 2. The van der Waals surface area contributed by atoms with E-state index in [4.69, 9.17) is 5.73 Å². The van der Waals surface area contributed by atoms with Gasteiger partial charge in [-0.3, -0.25) is 0 Å². The van der Waals surface area contributed by atoms with Gasteiger partial charge < -0.3 is 5.73 Å². The van der Waals surface area contributed by atoms with Crippen LogP contribution in [0.4, 0.5) is 0 Å². The van der Waals surface area contributed by atoms with E-state index in [2.05, 4.69) is 35.4 Å². The molecular formula is C18H23N3. The quantitative estimate of drug-likeness (QED) is 0.926. The standard InChI is InChI=1S/C18H23N3/c19-14-17(16-5-2-1-3-6-16)13-15-7-9-18(10-8-15)21-12-4-11-20-21/h4,7-13,16H,1-3,5-6,14,19H2/b17-13-. The molecule has 1 fully saturated rings. The van der Waals surface area contributed by atoms with E-state index < -0.39 is 0 Å². The monoisotopic (exact) mass is 281 g/mol. The normalized spacial score (nSPS) is 17.1. The fourth-order valence-corrected chi connectivity index (χ4v) is 3.18. The van der Waals surface area contributed by atoms with Crippen molar-refractivity contribution in [1.29, 1.82) is 0 Å². The molecule has 0 spiro atoms. The van der Waals surface area contributed by atoms with Crippen LogP contribution in [0.3, 0.4) is 0 Å². The predicted octanol–water partition coefficient (Wildman–Crippen LogP) is 3.79. The summed E-state index contributed by atoms with van der Waals surface area (Å²) in [5.74, 6) is 0.689. The van der Waals surface area contributed by atoms with E-state index in [-0.39, 0.29) is 0 Å². The summed E-state index contributed by atoms with van der Waals surface area (Å²) in [6.45, 7) is 0.672. The van der Waals surface area contributed by atoms with Gasteiger partial charge >= 0.3 is 0 Å². The number of benzene rings is 1. The van der Waals surface area contributed by atoms with Gasteiger partial charge in [-0.2, -0.15) is 5.10 Å². The van der Waals surface area contributed by atoms with Crippen molar-refractivity contribution in [1.82, 2.24) is 9.78 Å². The van der Waals surface area contributed by atoms with Crippen LogP contribution in [0.2, 0.25) is 0 Å². The second-order valence-corrected chi connectivity index (χ2v) is 5.80. The summed E-state index contributed by atoms with van der Waals surface area (Å²) >= 11 is 0. The van der Waals surface area contributed by atoms with Crippen molar-refractivity contribution in [2.45, 2.75) is 32.1 Å². The lowest BCUT2D eigenvalue weighted by molar-refractivity contribution is 0.401. The van der Waals surface area contributed by atoms with Crippen LogP contribution in [0.5, 0.6) is 0 Å². The number of hydrogen-bond acceptors (Lipinski definition) is 2. The Morgan fingerprint density at radius 2 is 1.95 bits per heavy atom. The zero-order valence-electron chi connectivity index (χ0n) is 12.4. The van der Waals surface area contributed by atoms with E-state index in [1.165, 1.54) is 43.2 Å². The van der Waals surface area contributed by atoms with Gasteiger partial charge in [0, 0.05) is 18.9 Å². The van der Waals surface area contributed by atoms with Crippen molar-refractivity contribution in [3.63, 3.8) is 0 Å². The molecule has 0 amide bonds. The maximum atomic E-state index is 5.98. The van der Waals surface area contributed by atoms with Crippen molar-refractivity contribution in [2.75, 3.05) is 6.54 Å². The Kier molecular flexibility index (Phi) is 4.51. The second kappa shape index (κ2) is 6.72. The van der Waals surface area contributed by atoms with Gasteiger partial charge in [0.2, 0.25) is 0 Å². The van der Waals surface area contributed by atoms with E-state index in [0.717, 1.165) is 5.69 Å². The number of rotatable bonds is 4. The van der Waals surface area contributed by atoms with Crippen molar-refractivity contribution < 1.29 is 0 Å². The summed E-state index contributed by atoms with van der Waals surface area (Å²) in [6.07, 6.45) is 12.7. The van der Waals surface area contributed by atoms with Crippen molar-refractivity contribution in [2.24, 2.45) is 11.7 Å². The predicted molar refractivity (Wildman–Crippen MR) is 87.2 cm³/mol. The number of nitrogens with two attached hydrogens (primary N) is 1.